The number of nitrogens with zero attached hydrogens (tertiary/aromatic N) is 1. The van der Waals surface area contributed by atoms with Gasteiger partial charge in [0.1, 0.15) is 11.9 Å². The summed E-state index contributed by atoms with van der Waals surface area (Å²) in [4.78, 5) is 42.4. The van der Waals surface area contributed by atoms with Crippen molar-refractivity contribution in [3.8, 4) is 0 Å². The molecule has 2 unspecified atom stereocenters. The van der Waals surface area contributed by atoms with Crippen LogP contribution in [0.15, 0.2) is 29.1 Å². The largest absolute Gasteiger partial charge is 0.480 e. The molecule has 166 valence electrons. The molecule has 0 fully saturated rings. The van der Waals surface area contributed by atoms with Crippen LogP contribution in [0.5, 0.6) is 0 Å². The molecule has 2 aromatic rings. The van der Waals surface area contributed by atoms with Gasteiger partial charge in [-0.25, -0.2) is 4.79 Å². The number of aliphatic carboxylic acids is 1. The van der Waals surface area contributed by atoms with Crippen molar-refractivity contribution in [2.24, 2.45) is 5.41 Å². The van der Waals surface area contributed by atoms with Crippen molar-refractivity contribution < 1.29 is 14.7 Å². The summed E-state index contributed by atoms with van der Waals surface area (Å²) in [6, 6.07) is 5.94. The predicted octanol–water partition coefficient (Wildman–Crippen LogP) is 1.42. The molecule has 1 aliphatic heterocycles. The average Bonchev–Trinajstić information content (AvgIpc) is 2.73. The Labute approximate surface area is 179 Å². The minimum atomic E-state index is -1.04. The number of nitrogens with two attached hydrogens (primary N) is 1. The number of carboxylic acid groups (broad SMARTS) is 1. The fourth-order valence-electron chi connectivity index (χ4n) is 3.58. The maximum atomic E-state index is 12.3. The first-order valence-electron chi connectivity index (χ1n) is 10.2. The lowest BCUT2D eigenvalue weighted by Crippen LogP contribution is -2.42. The number of aromatic amines is 1. The summed E-state index contributed by atoms with van der Waals surface area (Å²) in [7, 11) is 0. The van der Waals surface area contributed by atoms with Crippen LogP contribution in [0.1, 0.15) is 42.6 Å². The van der Waals surface area contributed by atoms with E-state index in [4.69, 9.17) is 5.73 Å². The topological polar surface area (TPSA) is 162 Å². The van der Waals surface area contributed by atoms with E-state index in [0.29, 0.717) is 49.3 Å². The number of carboxylic acids is 1. The lowest BCUT2D eigenvalue weighted by atomic mass is 9.81. The summed E-state index contributed by atoms with van der Waals surface area (Å²) in [6.07, 6.45) is 1.58. The second-order valence-electron chi connectivity index (χ2n) is 8.20. The van der Waals surface area contributed by atoms with Gasteiger partial charge in [0.2, 0.25) is 5.95 Å². The summed E-state index contributed by atoms with van der Waals surface area (Å²) in [5, 5.41) is 18.3. The second-order valence-corrected chi connectivity index (χ2v) is 8.20. The van der Waals surface area contributed by atoms with Gasteiger partial charge in [-0.2, -0.15) is 4.98 Å². The van der Waals surface area contributed by atoms with Gasteiger partial charge in [-0.1, -0.05) is 20.3 Å². The molecule has 0 saturated carbocycles. The van der Waals surface area contributed by atoms with Gasteiger partial charge in [0.15, 0.2) is 0 Å². The molecule has 2 atom stereocenters. The zero-order valence-corrected chi connectivity index (χ0v) is 17.6. The minimum Gasteiger partial charge on any atom is -0.480 e. The summed E-state index contributed by atoms with van der Waals surface area (Å²) >= 11 is 0. The van der Waals surface area contributed by atoms with Gasteiger partial charge in [-0.15, -0.1) is 0 Å². The number of hydrogen-bond donors (Lipinski definition) is 6. The summed E-state index contributed by atoms with van der Waals surface area (Å²) in [5.41, 5.74) is 6.92. The van der Waals surface area contributed by atoms with Crippen molar-refractivity contribution in [2.75, 3.05) is 29.5 Å². The van der Waals surface area contributed by atoms with Crippen LogP contribution >= 0.6 is 0 Å². The number of benzene rings is 1. The minimum absolute atomic E-state index is 0.0893. The third-order valence-electron chi connectivity index (χ3n) is 5.37. The number of H-pyrrole nitrogens is 1. The fraction of sp³-hybridized carbons (Fsp3) is 0.429. The lowest BCUT2D eigenvalue weighted by molar-refractivity contribution is -0.139. The second kappa shape index (κ2) is 9.07. The van der Waals surface area contributed by atoms with Gasteiger partial charge in [-0.3, -0.25) is 14.6 Å². The maximum absolute atomic E-state index is 12.3. The van der Waals surface area contributed by atoms with Crippen LogP contribution in [0, 0.1) is 5.41 Å². The van der Waals surface area contributed by atoms with E-state index < -0.39 is 17.9 Å². The van der Waals surface area contributed by atoms with Gasteiger partial charge in [0, 0.05) is 29.8 Å². The predicted molar refractivity (Wildman–Crippen MR) is 118 cm³/mol. The number of nitrogen functional groups attached to an aromatic ring is 1. The van der Waals surface area contributed by atoms with E-state index in [1.165, 1.54) is 0 Å². The number of carbonyl (C=O) groups is 2. The molecule has 10 heteroatoms. The molecule has 1 aromatic heterocycles. The smallest absolute Gasteiger partial charge is 0.326 e. The van der Waals surface area contributed by atoms with Crippen LogP contribution < -0.4 is 27.2 Å². The van der Waals surface area contributed by atoms with Gasteiger partial charge < -0.3 is 26.8 Å². The van der Waals surface area contributed by atoms with Crippen LogP contribution in [0.4, 0.5) is 17.5 Å². The lowest BCUT2D eigenvalue weighted by Gasteiger charge is -2.35. The van der Waals surface area contributed by atoms with Gasteiger partial charge in [0.25, 0.3) is 11.5 Å². The summed E-state index contributed by atoms with van der Waals surface area (Å²) < 4.78 is 0. The zero-order valence-electron chi connectivity index (χ0n) is 17.6. The van der Waals surface area contributed by atoms with Crippen molar-refractivity contribution in [1.82, 2.24) is 15.3 Å². The quantitative estimate of drug-likeness (QED) is 0.368. The SMILES string of the molecule is CCCC(NC(=O)c1ccc(NCC2(C)CNc3nc(N)[nH]c(=O)c3C2)cc1)C(=O)O. The van der Waals surface area contributed by atoms with Crippen LogP contribution in [0.2, 0.25) is 0 Å². The molecule has 1 aliphatic rings. The number of amides is 1. The molecule has 2 heterocycles. The van der Waals surface area contributed by atoms with Crippen LogP contribution in [-0.2, 0) is 11.2 Å². The highest BCUT2D eigenvalue weighted by molar-refractivity contribution is 5.96. The third kappa shape index (κ3) is 5.33. The van der Waals surface area contributed by atoms with Crippen molar-refractivity contribution in [3.63, 3.8) is 0 Å². The molecular weight excluding hydrogens is 400 g/mol. The number of aromatic nitrogens is 2. The molecule has 1 aromatic carbocycles. The first-order valence-corrected chi connectivity index (χ1v) is 10.2. The first kappa shape index (κ1) is 22.1. The molecule has 0 spiro atoms. The standard InChI is InChI=1S/C21H28N6O4/c1-3-4-15(19(30)31)25-17(28)12-5-7-13(8-6-12)23-10-21(2)9-14-16(24-11-21)26-20(22)27-18(14)29/h5-8,15,23H,3-4,9-11H2,1-2H3,(H,25,28)(H,30,31)(H4,22,24,26,27,29). The van der Waals surface area contributed by atoms with Crippen LogP contribution in [0.25, 0.3) is 0 Å². The summed E-state index contributed by atoms with van der Waals surface area (Å²) in [5.74, 6) is -0.845. The number of rotatable bonds is 8. The molecular formula is C21H28N6O4. The summed E-state index contributed by atoms with van der Waals surface area (Å²) in [6.45, 7) is 5.14. The van der Waals surface area contributed by atoms with Crippen molar-refractivity contribution in [2.45, 2.75) is 39.2 Å². The number of fused-ring (bicyclic) bond motifs is 1. The Morgan fingerprint density at radius 2 is 2.03 bits per heavy atom. The van der Waals surface area contributed by atoms with Crippen LogP contribution in [0.3, 0.4) is 0 Å². The zero-order chi connectivity index (χ0) is 22.6. The highest BCUT2D eigenvalue weighted by atomic mass is 16.4. The van der Waals surface area contributed by atoms with E-state index >= 15 is 0 Å². The number of nitrogens with one attached hydrogen (secondary N) is 4. The molecule has 0 saturated heterocycles. The monoisotopic (exact) mass is 428 g/mol. The molecule has 10 nitrogen and oxygen atoms in total. The Morgan fingerprint density at radius 3 is 2.68 bits per heavy atom. The Bertz CT molecular complexity index is 1020. The van der Waals surface area contributed by atoms with Crippen LogP contribution in [-0.4, -0.2) is 46.1 Å². The van der Waals surface area contributed by atoms with E-state index in [0.717, 1.165) is 5.69 Å². The average molecular weight is 428 g/mol. The van der Waals surface area contributed by atoms with Gasteiger partial charge in [0.05, 0.1) is 5.56 Å². The van der Waals surface area contributed by atoms with E-state index in [9.17, 15) is 19.5 Å². The Morgan fingerprint density at radius 1 is 1.32 bits per heavy atom. The highest BCUT2D eigenvalue weighted by Gasteiger charge is 2.32. The maximum Gasteiger partial charge on any atom is 0.326 e. The van der Waals surface area contributed by atoms with E-state index in [-0.39, 0.29) is 16.9 Å². The fourth-order valence-corrected chi connectivity index (χ4v) is 3.58. The molecule has 0 aliphatic carbocycles. The number of carbonyl (C=O) groups excluding carboxylic acids is 1. The molecule has 31 heavy (non-hydrogen) atoms. The van der Waals surface area contributed by atoms with Crippen molar-refractivity contribution in [1.29, 1.82) is 0 Å². The first-order chi connectivity index (χ1) is 14.7. The Hall–Kier alpha value is -3.56. The van der Waals surface area contributed by atoms with E-state index in [1.54, 1.807) is 24.3 Å². The molecule has 7 N–H and O–H groups in total. The molecule has 0 radical (unpaired) electrons. The van der Waals surface area contributed by atoms with E-state index in [2.05, 4.69) is 32.8 Å². The normalized spacial score (nSPS) is 18.4. The Balaban J connectivity index is 1.61. The number of hydrogen-bond acceptors (Lipinski definition) is 7. The van der Waals surface area contributed by atoms with Gasteiger partial charge in [-0.05, 0) is 37.1 Å². The highest BCUT2D eigenvalue weighted by Crippen LogP contribution is 2.30. The van der Waals surface area contributed by atoms with Crippen molar-refractivity contribution in [3.05, 3.63) is 45.7 Å². The number of anilines is 3. The van der Waals surface area contributed by atoms with E-state index in [1.807, 2.05) is 6.92 Å². The Kier molecular flexibility index (Phi) is 6.47. The van der Waals surface area contributed by atoms with Crippen molar-refractivity contribution >= 4 is 29.3 Å². The third-order valence-corrected chi connectivity index (χ3v) is 5.37. The molecule has 3 rings (SSSR count). The van der Waals surface area contributed by atoms with Gasteiger partial charge >= 0.3 is 5.97 Å². The molecule has 1 amide bonds. The molecule has 0 bridgehead atoms.